The van der Waals surface area contributed by atoms with Gasteiger partial charge in [-0.2, -0.15) is 0 Å². The second kappa shape index (κ2) is 9.43. The van der Waals surface area contributed by atoms with Crippen molar-refractivity contribution in [2.75, 3.05) is 34.9 Å². The van der Waals surface area contributed by atoms with Crippen LogP contribution in [-0.2, 0) is 17.8 Å². The number of nitrogens with zero attached hydrogens (tertiary/aromatic N) is 2. The number of urea groups is 1. The molecule has 0 heterocycles. The maximum absolute atomic E-state index is 12.3. The van der Waals surface area contributed by atoms with Crippen LogP contribution >= 0.6 is 0 Å². The number of rotatable bonds is 8. The van der Waals surface area contributed by atoms with E-state index in [0.717, 1.165) is 13.0 Å². The van der Waals surface area contributed by atoms with E-state index in [2.05, 4.69) is 22.3 Å². The van der Waals surface area contributed by atoms with Crippen molar-refractivity contribution in [2.45, 2.75) is 32.5 Å². The number of ether oxygens (including phenoxy) is 1. The van der Waals surface area contributed by atoms with Gasteiger partial charge < -0.3 is 19.9 Å². The first kappa shape index (κ1) is 18.5. The number of amides is 2. The molecule has 1 rings (SSSR count). The summed E-state index contributed by atoms with van der Waals surface area (Å²) in [6.45, 7) is 4.04. The molecule has 0 aromatic heterocycles. The summed E-state index contributed by atoms with van der Waals surface area (Å²) in [5, 5.41) is 3.00. The van der Waals surface area contributed by atoms with Gasteiger partial charge in [-0.15, -0.1) is 0 Å². The standard InChI is InChI=1S/C17H29N3O2/c1-6-16(13-22-5)18-17(21)20(4)12-15-10-8-7-9-14(15)11-19(2)3/h7-10,16H,6,11-13H2,1-5H3,(H,18,21). The van der Waals surface area contributed by atoms with Gasteiger partial charge in [-0.3, -0.25) is 0 Å². The predicted octanol–water partition coefficient (Wildman–Crippen LogP) is 2.31. The molecule has 1 aromatic carbocycles. The molecule has 1 atom stereocenters. The van der Waals surface area contributed by atoms with Gasteiger partial charge in [0.1, 0.15) is 0 Å². The number of carbonyl (C=O) groups excluding carboxylic acids is 1. The van der Waals surface area contributed by atoms with Gasteiger partial charge in [-0.05, 0) is 31.6 Å². The van der Waals surface area contributed by atoms with E-state index in [9.17, 15) is 4.79 Å². The summed E-state index contributed by atoms with van der Waals surface area (Å²) in [6, 6.07) is 8.23. The lowest BCUT2D eigenvalue weighted by molar-refractivity contribution is 0.155. The van der Waals surface area contributed by atoms with Gasteiger partial charge in [0.2, 0.25) is 0 Å². The fourth-order valence-electron chi connectivity index (χ4n) is 2.28. The van der Waals surface area contributed by atoms with E-state index in [0.29, 0.717) is 13.2 Å². The summed E-state index contributed by atoms with van der Waals surface area (Å²) in [7, 11) is 7.56. The molecule has 0 spiro atoms. The smallest absolute Gasteiger partial charge is 0.317 e. The molecule has 1 unspecified atom stereocenters. The zero-order valence-electron chi connectivity index (χ0n) is 14.4. The minimum absolute atomic E-state index is 0.0527. The third-order valence-electron chi connectivity index (χ3n) is 3.55. The lowest BCUT2D eigenvalue weighted by Crippen LogP contribution is -2.44. The van der Waals surface area contributed by atoms with Gasteiger partial charge >= 0.3 is 6.03 Å². The number of nitrogens with one attached hydrogen (secondary N) is 1. The van der Waals surface area contributed by atoms with Crippen molar-refractivity contribution in [3.05, 3.63) is 35.4 Å². The zero-order valence-corrected chi connectivity index (χ0v) is 14.4. The molecule has 2 amide bonds. The zero-order chi connectivity index (χ0) is 16.5. The highest BCUT2D eigenvalue weighted by atomic mass is 16.5. The lowest BCUT2D eigenvalue weighted by Gasteiger charge is -2.24. The van der Waals surface area contributed by atoms with Crippen molar-refractivity contribution >= 4 is 6.03 Å². The second-order valence-electron chi connectivity index (χ2n) is 5.87. The van der Waals surface area contributed by atoms with E-state index in [1.54, 1.807) is 12.0 Å². The summed E-state index contributed by atoms with van der Waals surface area (Å²) in [4.78, 5) is 16.1. The highest BCUT2D eigenvalue weighted by molar-refractivity contribution is 5.74. The van der Waals surface area contributed by atoms with Gasteiger partial charge in [-0.25, -0.2) is 4.79 Å². The van der Waals surface area contributed by atoms with Crippen LogP contribution in [0.1, 0.15) is 24.5 Å². The summed E-state index contributed by atoms with van der Waals surface area (Å²) in [6.07, 6.45) is 0.852. The highest BCUT2D eigenvalue weighted by Crippen LogP contribution is 2.13. The molecule has 0 fully saturated rings. The van der Waals surface area contributed by atoms with Crippen LogP contribution in [0.3, 0.4) is 0 Å². The van der Waals surface area contributed by atoms with Crippen LogP contribution in [0, 0.1) is 0 Å². The molecule has 0 aliphatic heterocycles. The van der Waals surface area contributed by atoms with Gasteiger partial charge in [0.25, 0.3) is 0 Å². The number of hydrogen-bond acceptors (Lipinski definition) is 3. The molecule has 5 nitrogen and oxygen atoms in total. The van der Waals surface area contributed by atoms with E-state index >= 15 is 0 Å². The van der Waals surface area contributed by atoms with Gasteiger partial charge in [0.15, 0.2) is 0 Å². The van der Waals surface area contributed by atoms with E-state index < -0.39 is 0 Å². The molecular formula is C17H29N3O2. The average Bonchev–Trinajstić information content (AvgIpc) is 2.48. The monoisotopic (exact) mass is 307 g/mol. The fraction of sp³-hybridized carbons (Fsp3) is 0.588. The molecule has 1 N–H and O–H groups in total. The number of methoxy groups -OCH3 is 1. The molecule has 0 radical (unpaired) electrons. The minimum Gasteiger partial charge on any atom is -0.383 e. The first-order chi connectivity index (χ1) is 10.5. The number of hydrogen-bond donors (Lipinski definition) is 1. The van der Waals surface area contributed by atoms with Crippen molar-refractivity contribution < 1.29 is 9.53 Å². The Labute approximate surface area is 134 Å². The van der Waals surface area contributed by atoms with Crippen LogP contribution in [0.5, 0.6) is 0 Å². The molecular weight excluding hydrogens is 278 g/mol. The van der Waals surface area contributed by atoms with Crippen LogP contribution in [0.4, 0.5) is 4.79 Å². The van der Waals surface area contributed by atoms with Crippen molar-refractivity contribution in [1.29, 1.82) is 0 Å². The average molecular weight is 307 g/mol. The second-order valence-corrected chi connectivity index (χ2v) is 5.87. The maximum atomic E-state index is 12.3. The van der Waals surface area contributed by atoms with Crippen molar-refractivity contribution in [3.8, 4) is 0 Å². The number of carbonyl (C=O) groups is 1. The normalized spacial score (nSPS) is 12.3. The lowest BCUT2D eigenvalue weighted by atomic mass is 10.1. The minimum atomic E-state index is -0.0662. The predicted molar refractivity (Wildman–Crippen MR) is 89.8 cm³/mol. The number of benzene rings is 1. The molecule has 0 saturated heterocycles. The third-order valence-corrected chi connectivity index (χ3v) is 3.55. The highest BCUT2D eigenvalue weighted by Gasteiger charge is 2.15. The van der Waals surface area contributed by atoms with Crippen LogP contribution in [0.25, 0.3) is 0 Å². The summed E-state index contributed by atoms with van der Waals surface area (Å²) in [5.41, 5.74) is 2.42. The van der Waals surface area contributed by atoms with Gasteiger partial charge in [0, 0.05) is 27.2 Å². The Hall–Kier alpha value is -1.59. The maximum Gasteiger partial charge on any atom is 0.317 e. The Balaban J connectivity index is 2.67. The molecule has 0 saturated carbocycles. The quantitative estimate of drug-likeness (QED) is 0.801. The first-order valence-electron chi connectivity index (χ1n) is 7.70. The third kappa shape index (κ3) is 6.03. The van der Waals surface area contributed by atoms with Crippen LogP contribution in [0.15, 0.2) is 24.3 Å². The fourth-order valence-corrected chi connectivity index (χ4v) is 2.28. The van der Waals surface area contributed by atoms with Crippen LogP contribution in [0.2, 0.25) is 0 Å². The summed E-state index contributed by atoms with van der Waals surface area (Å²) in [5.74, 6) is 0. The van der Waals surface area contributed by atoms with Gasteiger partial charge in [0.05, 0.1) is 12.6 Å². The van der Waals surface area contributed by atoms with Crippen LogP contribution in [-0.4, -0.2) is 56.7 Å². The van der Waals surface area contributed by atoms with E-state index in [4.69, 9.17) is 4.74 Å². The molecule has 0 aliphatic carbocycles. The molecule has 1 aromatic rings. The Morgan fingerprint density at radius 3 is 2.27 bits per heavy atom. The van der Waals surface area contributed by atoms with Crippen LogP contribution < -0.4 is 5.32 Å². The molecule has 0 bridgehead atoms. The summed E-state index contributed by atoms with van der Waals surface area (Å²) < 4.78 is 5.12. The Morgan fingerprint density at radius 1 is 1.18 bits per heavy atom. The summed E-state index contributed by atoms with van der Waals surface area (Å²) >= 11 is 0. The van der Waals surface area contributed by atoms with Crippen molar-refractivity contribution in [2.24, 2.45) is 0 Å². The van der Waals surface area contributed by atoms with Gasteiger partial charge in [-0.1, -0.05) is 31.2 Å². The van der Waals surface area contributed by atoms with E-state index in [-0.39, 0.29) is 12.1 Å². The van der Waals surface area contributed by atoms with Crippen molar-refractivity contribution in [3.63, 3.8) is 0 Å². The molecule has 124 valence electrons. The Bertz CT molecular complexity index is 463. The van der Waals surface area contributed by atoms with E-state index in [1.165, 1.54) is 11.1 Å². The van der Waals surface area contributed by atoms with E-state index in [1.807, 2.05) is 40.2 Å². The Kier molecular flexibility index (Phi) is 7.91. The topological polar surface area (TPSA) is 44.8 Å². The largest absolute Gasteiger partial charge is 0.383 e. The van der Waals surface area contributed by atoms with Crippen molar-refractivity contribution in [1.82, 2.24) is 15.1 Å². The SMILES string of the molecule is CCC(COC)NC(=O)N(C)Cc1ccccc1CN(C)C. The molecule has 5 heteroatoms. The molecule has 0 aliphatic rings. The molecule has 22 heavy (non-hydrogen) atoms. The Morgan fingerprint density at radius 2 is 1.77 bits per heavy atom. The first-order valence-corrected chi connectivity index (χ1v) is 7.70.